The van der Waals surface area contributed by atoms with Gasteiger partial charge in [0.15, 0.2) is 0 Å². The minimum absolute atomic E-state index is 0.158. The van der Waals surface area contributed by atoms with Crippen LogP contribution in [0.15, 0.2) is 77.6 Å². The van der Waals surface area contributed by atoms with E-state index in [1.165, 1.54) is 16.7 Å². The molecule has 36 heavy (non-hydrogen) atoms. The lowest BCUT2D eigenvalue weighted by Crippen LogP contribution is -2.38. The summed E-state index contributed by atoms with van der Waals surface area (Å²) in [7, 11) is 1.58. The number of hydrogen-bond donors (Lipinski definition) is 0. The van der Waals surface area contributed by atoms with E-state index in [0.717, 1.165) is 19.3 Å². The van der Waals surface area contributed by atoms with Gasteiger partial charge in [-0.3, -0.25) is 14.2 Å². The Morgan fingerprint density at radius 3 is 2.39 bits per heavy atom. The smallest absolute Gasteiger partial charge is 0.266 e. The van der Waals surface area contributed by atoms with Crippen molar-refractivity contribution in [3.63, 3.8) is 0 Å². The Balaban J connectivity index is 1.85. The lowest BCUT2D eigenvalue weighted by Gasteiger charge is -2.31. The molecule has 0 N–H and O–H groups in total. The summed E-state index contributed by atoms with van der Waals surface area (Å²) in [4.78, 5) is 34.0. The molecule has 3 aromatic carbocycles. The van der Waals surface area contributed by atoms with Crippen molar-refractivity contribution in [3.05, 3.63) is 100 Å². The summed E-state index contributed by atoms with van der Waals surface area (Å²) in [5.74, 6) is 0.530. The number of benzene rings is 3. The summed E-state index contributed by atoms with van der Waals surface area (Å²) >= 11 is 0. The zero-order valence-electron chi connectivity index (χ0n) is 20.8. The van der Waals surface area contributed by atoms with Gasteiger partial charge in [-0.05, 0) is 74.0 Å². The Kier molecular flexibility index (Phi) is 7.78. The number of hydrogen-bond acceptors (Lipinski definition) is 4. The zero-order valence-corrected chi connectivity index (χ0v) is 20.8. The number of carbonyl (C=O) groups is 1. The molecule has 0 spiro atoms. The molecule has 0 aliphatic rings. The van der Waals surface area contributed by atoms with Gasteiger partial charge in [0.25, 0.3) is 11.5 Å². The summed E-state index contributed by atoms with van der Waals surface area (Å²) in [6.45, 7) is 4.49. The van der Waals surface area contributed by atoms with Gasteiger partial charge in [-0.1, -0.05) is 31.9 Å². The molecule has 1 amide bonds. The van der Waals surface area contributed by atoms with Crippen molar-refractivity contribution in [3.8, 4) is 11.4 Å². The molecule has 0 radical (unpaired) electrons. The molecular formula is C29H30FN3O3. The van der Waals surface area contributed by atoms with E-state index < -0.39 is 11.9 Å². The molecule has 4 aromatic rings. The number of amides is 1. The van der Waals surface area contributed by atoms with Crippen molar-refractivity contribution in [2.24, 2.45) is 0 Å². The fraction of sp³-hybridized carbons (Fsp3) is 0.276. The predicted octanol–water partition coefficient (Wildman–Crippen LogP) is 5.93. The summed E-state index contributed by atoms with van der Waals surface area (Å²) in [6.07, 6.45) is 2.79. The van der Waals surface area contributed by atoms with Crippen LogP contribution in [0.1, 0.15) is 55.3 Å². The second-order valence-corrected chi connectivity index (χ2v) is 8.71. The highest BCUT2D eigenvalue weighted by Gasteiger charge is 2.27. The van der Waals surface area contributed by atoms with Gasteiger partial charge < -0.3 is 9.64 Å². The number of methoxy groups -OCH3 is 1. The Morgan fingerprint density at radius 2 is 1.72 bits per heavy atom. The molecule has 0 aliphatic heterocycles. The van der Waals surface area contributed by atoms with E-state index in [1.54, 1.807) is 66.6 Å². The van der Waals surface area contributed by atoms with Gasteiger partial charge in [0, 0.05) is 12.1 Å². The molecule has 1 heterocycles. The van der Waals surface area contributed by atoms with Crippen LogP contribution in [0.25, 0.3) is 16.6 Å². The SMILES string of the molecule is CCCCCN(C(=O)c1ccc(OC)cc1)C(C)c1nc2ccccc2c(=O)n1-c1ccc(F)cc1. The van der Waals surface area contributed by atoms with Crippen LogP contribution in [-0.4, -0.2) is 34.0 Å². The van der Waals surface area contributed by atoms with Crippen LogP contribution in [0.5, 0.6) is 5.75 Å². The van der Waals surface area contributed by atoms with Crippen molar-refractivity contribution in [1.29, 1.82) is 0 Å². The third kappa shape index (κ3) is 5.15. The first-order valence-electron chi connectivity index (χ1n) is 12.2. The van der Waals surface area contributed by atoms with Crippen LogP contribution in [0.4, 0.5) is 4.39 Å². The quantitative estimate of drug-likeness (QED) is 0.275. The molecule has 0 bridgehead atoms. The lowest BCUT2D eigenvalue weighted by molar-refractivity contribution is 0.0677. The van der Waals surface area contributed by atoms with Gasteiger partial charge in [-0.25, -0.2) is 9.37 Å². The Hall–Kier alpha value is -4.00. The first-order valence-corrected chi connectivity index (χ1v) is 12.2. The van der Waals surface area contributed by atoms with Crippen LogP contribution in [-0.2, 0) is 0 Å². The first kappa shape index (κ1) is 25.1. The zero-order chi connectivity index (χ0) is 25.7. The molecule has 0 aliphatic carbocycles. The maximum Gasteiger partial charge on any atom is 0.266 e. The molecule has 0 saturated heterocycles. The molecule has 1 atom stereocenters. The Morgan fingerprint density at radius 1 is 1.03 bits per heavy atom. The van der Waals surface area contributed by atoms with Crippen LogP contribution >= 0.6 is 0 Å². The second kappa shape index (κ2) is 11.2. The van der Waals surface area contributed by atoms with E-state index >= 15 is 0 Å². The minimum Gasteiger partial charge on any atom is -0.497 e. The van der Waals surface area contributed by atoms with Crippen molar-refractivity contribution in [1.82, 2.24) is 14.5 Å². The van der Waals surface area contributed by atoms with Gasteiger partial charge in [-0.15, -0.1) is 0 Å². The van der Waals surface area contributed by atoms with Crippen LogP contribution in [0, 0.1) is 5.82 Å². The number of aromatic nitrogens is 2. The third-order valence-electron chi connectivity index (χ3n) is 6.33. The van der Waals surface area contributed by atoms with Crippen molar-refractivity contribution in [2.75, 3.05) is 13.7 Å². The largest absolute Gasteiger partial charge is 0.497 e. The standard InChI is InChI=1S/C29H30FN3O3/c1-4-5-8-19-32(28(34)21-11-17-24(36-3)18-12-21)20(2)27-31-26-10-7-6-9-25(26)29(35)33(27)23-15-13-22(30)14-16-23/h6-7,9-18,20H,4-5,8,19H2,1-3H3. The summed E-state index contributed by atoms with van der Waals surface area (Å²) < 4.78 is 20.4. The average molecular weight is 488 g/mol. The number of para-hydroxylation sites is 1. The molecule has 0 fully saturated rings. The maximum atomic E-state index is 13.7. The fourth-order valence-corrected chi connectivity index (χ4v) is 4.31. The van der Waals surface area contributed by atoms with E-state index in [-0.39, 0.29) is 11.5 Å². The molecular weight excluding hydrogens is 457 g/mol. The maximum absolute atomic E-state index is 13.7. The third-order valence-corrected chi connectivity index (χ3v) is 6.33. The van der Waals surface area contributed by atoms with E-state index in [4.69, 9.17) is 9.72 Å². The van der Waals surface area contributed by atoms with Crippen LogP contribution in [0.3, 0.4) is 0 Å². The molecule has 4 rings (SSSR count). The second-order valence-electron chi connectivity index (χ2n) is 8.71. The molecule has 1 aromatic heterocycles. The van der Waals surface area contributed by atoms with E-state index in [1.807, 2.05) is 13.0 Å². The van der Waals surface area contributed by atoms with Crippen molar-refractivity contribution < 1.29 is 13.9 Å². The lowest BCUT2D eigenvalue weighted by atomic mass is 10.1. The molecule has 6 nitrogen and oxygen atoms in total. The molecule has 1 unspecified atom stereocenters. The summed E-state index contributed by atoms with van der Waals surface area (Å²) in [5.41, 5.74) is 1.30. The summed E-state index contributed by atoms with van der Waals surface area (Å²) in [6, 6.07) is 19.3. The number of nitrogens with zero attached hydrogens (tertiary/aromatic N) is 3. The monoisotopic (exact) mass is 487 g/mol. The highest BCUT2D eigenvalue weighted by Crippen LogP contribution is 2.26. The van der Waals surface area contributed by atoms with E-state index in [9.17, 15) is 14.0 Å². The molecule has 7 heteroatoms. The highest BCUT2D eigenvalue weighted by atomic mass is 19.1. The Bertz CT molecular complexity index is 1400. The molecule has 186 valence electrons. The van der Waals surface area contributed by atoms with Crippen molar-refractivity contribution >= 4 is 16.8 Å². The minimum atomic E-state index is -0.529. The summed E-state index contributed by atoms with van der Waals surface area (Å²) in [5, 5.41) is 0.455. The predicted molar refractivity (Wildman–Crippen MR) is 139 cm³/mol. The fourth-order valence-electron chi connectivity index (χ4n) is 4.31. The number of fused-ring (bicyclic) bond motifs is 1. The van der Waals surface area contributed by atoms with Gasteiger partial charge in [0.1, 0.15) is 17.4 Å². The van der Waals surface area contributed by atoms with E-state index in [0.29, 0.717) is 40.3 Å². The van der Waals surface area contributed by atoms with Gasteiger partial charge in [0.2, 0.25) is 0 Å². The van der Waals surface area contributed by atoms with Gasteiger partial charge >= 0.3 is 0 Å². The van der Waals surface area contributed by atoms with Crippen LogP contribution < -0.4 is 10.3 Å². The van der Waals surface area contributed by atoms with Crippen LogP contribution in [0.2, 0.25) is 0 Å². The van der Waals surface area contributed by atoms with Gasteiger partial charge in [-0.2, -0.15) is 0 Å². The number of ether oxygens (including phenoxy) is 1. The molecule has 0 saturated carbocycles. The first-order chi connectivity index (χ1) is 17.4. The van der Waals surface area contributed by atoms with Gasteiger partial charge in [0.05, 0.1) is 29.7 Å². The highest BCUT2D eigenvalue weighted by molar-refractivity contribution is 5.94. The van der Waals surface area contributed by atoms with E-state index in [2.05, 4.69) is 6.92 Å². The number of unbranched alkanes of at least 4 members (excludes halogenated alkanes) is 2. The average Bonchev–Trinajstić information content (AvgIpc) is 2.91. The Labute approximate surface area is 210 Å². The number of carbonyl (C=O) groups excluding carboxylic acids is 1. The number of halogens is 1. The number of rotatable bonds is 9. The normalized spacial score (nSPS) is 11.9. The van der Waals surface area contributed by atoms with Crippen molar-refractivity contribution in [2.45, 2.75) is 39.2 Å². The topological polar surface area (TPSA) is 64.4 Å².